The smallest absolute Gasteiger partial charge is 0.225 e. The molecule has 0 aliphatic rings. The van der Waals surface area contributed by atoms with Gasteiger partial charge in [-0.05, 0) is 6.07 Å². The first kappa shape index (κ1) is 14.9. The van der Waals surface area contributed by atoms with Crippen molar-refractivity contribution in [1.29, 1.82) is 0 Å². The van der Waals surface area contributed by atoms with E-state index in [4.69, 9.17) is 10.9 Å². The van der Waals surface area contributed by atoms with Gasteiger partial charge in [0.1, 0.15) is 5.82 Å². The monoisotopic (exact) mass is 267 g/mol. The molecule has 0 atom stereocenters. The maximum atomic E-state index is 13.8. The first-order valence-corrected chi connectivity index (χ1v) is 5.80. The summed E-state index contributed by atoms with van der Waals surface area (Å²) in [6.45, 7) is 5.43. The van der Waals surface area contributed by atoms with Gasteiger partial charge in [-0.3, -0.25) is 4.79 Å². The lowest BCUT2D eigenvalue weighted by molar-refractivity contribution is -0.128. The Balaban J connectivity index is 2.79. The van der Waals surface area contributed by atoms with Crippen molar-refractivity contribution in [3.63, 3.8) is 0 Å². The molecule has 0 aliphatic heterocycles. The second kappa shape index (κ2) is 5.69. The van der Waals surface area contributed by atoms with Gasteiger partial charge in [0.2, 0.25) is 5.91 Å². The number of carbonyl (C=O) groups is 1. The number of amidine groups is 1. The van der Waals surface area contributed by atoms with Gasteiger partial charge in [-0.2, -0.15) is 0 Å². The predicted molar refractivity (Wildman–Crippen MR) is 70.2 cm³/mol. The fraction of sp³-hybridized carbons (Fsp3) is 0.385. The van der Waals surface area contributed by atoms with Crippen molar-refractivity contribution in [1.82, 2.24) is 5.32 Å². The van der Waals surface area contributed by atoms with Crippen molar-refractivity contribution in [2.24, 2.45) is 16.3 Å². The van der Waals surface area contributed by atoms with Crippen LogP contribution < -0.4 is 11.1 Å². The Bertz CT molecular complexity index is 507. The van der Waals surface area contributed by atoms with Crippen LogP contribution in [-0.4, -0.2) is 17.0 Å². The normalized spacial score (nSPS) is 12.3. The number of nitrogens with zero attached hydrogens (tertiary/aromatic N) is 1. The summed E-state index contributed by atoms with van der Waals surface area (Å²) in [5, 5.41) is 13.9. The lowest BCUT2D eigenvalue weighted by atomic mass is 9.95. The van der Waals surface area contributed by atoms with Gasteiger partial charge in [-0.25, -0.2) is 4.39 Å². The molecule has 0 spiro atoms. The predicted octanol–water partition coefficient (Wildman–Crippen LogP) is 1.58. The molecule has 0 aromatic heterocycles. The number of amides is 1. The minimum absolute atomic E-state index is 0.0956. The molecule has 0 unspecified atom stereocenters. The molecule has 0 bridgehead atoms. The van der Waals surface area contributed by atoms with Crippen LogP contribution in [0.3, 0.4) is 0 Å². The van der Waals surface area contributed by atoms with Crippen molar-refractivity contribution in [2.45, 2.75) is 27.3 Å². The Kier molecular flexibility index (Phi) is 4.47. The van der Waals surface area contributed by atoms with E-state index in [9.17, 15) is 9.18 Å². The lowest BCUT2D eigenvalue weighted by Gasteiger charge is -2.17. The third-order valence-electron chi connectivity index (χ3n) is 2.58. The van der Waals surface area contributed by atoms with Crippen molar-refractivity contribution in [3.8, 4) is 0 Å². The van der Waals surface area contributed by atoms with E-state index in [0.29, 0.717) is 5.56 Å². The molecular weight excluding hydrogens is 249 g/mol. The van der Waals surface area contributed by atoms with E-state index >= 15 is 0 Å². The van der Waals surface area contributed by atoms with Crippen LogP contribution in [0.4, 0.5) is 4.39 Å². The summed E-state index contributed by atoms with van der Waals surface area (Å²) in [7, 11) is 0. The number of carbonyl (C=O) groups excluding carboxylic acids is 1. The first-order chi connectivity index (χ1) is 8.75. The highest BCUT2D eigenvalue weighted by atomic mass is 19.1. The number of benzene rings is 1. The third kappa shape index (κ3) is 3.94. The quantitative estimate of drug-likeness (QED) is 0.336. The Morgan fingerprint density at radius 3 is 2.58 bits per heavy atom. The zero-order valence-electron chi connectivity index (χ0n) is 11.2. The van der Waals surface area contributed by atoms with E-state index in [1.54, 1.807) is 20.8 Å². The van der Waals surface area contributed by atoms with Gasteiger partial charge in [0.15, 0.2) is 5.84 Å². The van der Waals surface area contributed by atoms with E-state index < -0.39 is 11.2 Å². The molecule has 0 radical (unpaired) electrons. The number of rotatable bonds is 3. The maximum Gasteiger partial charge on any atom is 0.225 e. The zero-order valence-corrected chi connectivity index (χ0v) is 11.2. The van der Waals surface area contributed by atoms with Crippen LogP contribution in [0.5, 0.6) is 0 Å². The molecule has 5 nitrogen and oxygen atoms in total. The number of hydrogen-bond acceptors (Lipinski definition) is 3. The van der Waals surface area contributed by atoms with Gasteiger partial charge >= 0.3 is 0 Å². The molecule has 0 heterocycles. The summed E-state index contributed by atoms with van der Waals surface area (Å²) in [6.07, 6.45) is 0. The van der Waals surface area contributed by atoms with Crippen LogP contribution in [0, 0.1) is 11.2 Å². The van der Waals surface area contributed by atoms with E-state index in [1.807, 2.05) is 0 Å². The van der Waals surface area contributed by atoms with Crippen LogP contribution in [0.25, 0.3) is 0 Å². The summed E-state index contributed by atoms with van der Waals surface area (Å²) in [6, 6.07) is 4.18. The van der Waals surface area contributed by atoms with Crippen LogP contribution in [0.15, 0.2) is 23.4 Å². The van der Waals surface area contributed by atoms with Gasteiger partial charge in [0, 0.05) is 23.1 Å². The fourth-order valence-electron chi connectivity index (χ4n) is 1.35. The average Bonchev–Trinajstić information content (AvgIpc) is 2.34. The van der Waals surface area contributed by atoms with E-state index in [0.717, 1.165) is 6.07 Å². The molecular formula is C13H18FN3O2. The minimum Gasteiger partial charge on any atom is -0.409 e. The summed E-state index contributed by atoms with van der Waals surface area (Å²) >= 11 is 0. The molecule has 1 rings (SSSR count). The topological polar surface area (TPSA) is 87.7 Å². The maximum absolute atomic E-state index is 13.8. The first-order valence-electron chi connectivity index (χ1n) is 5.80. The van der Waals surface area contributed by atoms with E-state index in [1.165, 1.54) is 12.1 Å². The SMILES string of the molecule is CC(C)(C)C(=O)NCc1ccc(C(N)=NO)cc1F. The standard InChI is InChI=1S/C13H18FN3O2/c1-13(2,3)12(18)16-7-9-5-4-8(6-10(9)14)11(15)17-19/h4-6,19H,7H2,1-3H3,(H2,15,17)(H,16,18). The van der Waals surface area contributed by atoms with Crippen LogP contribution in [-0.2, 0) is 11.3 Å². The summed E-state index contributed by atoms with van der Waals surface area (Å²) in [4.78, 5) is 11.7. The average molecular weight is 267 g/mol. The summed E-state index contributed by atoms with van der Waals surface area (Å²) in [5.74, 6) is -0.838. The van der Waals surface area contributed by atoms with Crippen molar-refractivity contribution in [3.05, 3.63) is 35.1 Å². The Hall–Kier alpha value is -2.11. The largest absolute Gasteiger partial charge is 0.409 e. The Morgan fingerprint density at radius 2 is 2.11 bits per heavy atom. The second-order valence-corrected chi connectivity index (χ2v) is 5.22. The Morgan fingerprint density at radius 1 is 1.47 bits per heavy atom. The van der Waals surface area contributed by atoms with Gasteiger partial charge in [-0.15, -0.1) is 0 Å². The number of oxime groups is 1. The van der Waals surface area contributed by atoms with Crippen LogP contribution in [0.1, 0.15) is 31.9 Å². The molecule has 1 aromatic rings. The van der Waals surface area contributed by atoms with E-state index in [2.05, 4.69) is 10.5 Å². The molecule has 6 heteroatoms. The van der Waals surface area contributed by atoms with Crippen molar-refractivity contribution < 1.29 is 14.4 Å². The number of nitrogens with two attached hydrogens (primary N) is 1. The summed E-state index contributed by atoms with van der Waals surface area (Å²) in [5.41, 5.74) is 5.46. The molecule has 0 aliphatic carbocycles. The van der Waals surface area contributed by atoms with Crippen LogP contribution in [0.2, 0.25) is 0 Å². The molecule has 1 amide bonds. The molecule has 104 valence electrons. The minimum atomic E-state index is -0.523. The van der Waals surface area contributed by atoms with Gasteiger partial charge in [0.25, 0.3) is 0 Å². The zero-order chi connectivity index (χ0) is 14.6. The number of hydrogen-bond donors (Lipinski definition) is 3. The Labute approximate surface area is 111 Å². The molecule has 4 N–H and O–H groups in total. The van der Waals surface area contributed by atoms with Crippen molar-refractivity contribution in [2.75, 3.05) is 0 Å². The van der Waals surface area contributed by atoms with Crippen LogP contribution >= 0.6 is 0 Å². The number of halogens is 1. The highest BCUT2D eigenvalue weighted by Gasteiger charge is 2.20. The van der Waals surface area contributed by atoms with Crippen molar-refractivity contribution >= 4 is 11.7 Å². The van der Waals surface area contributed by atoms with Gasteiger partial charge < -0.3 is 16.3 Å². The second-order valence-electron chi connectivity index (χ2n) is 5.22. The fourth-order valence-corrected chi connectivity index (χ4v) is 1.35. The third-order valence-corrected chi connectivity index (χ3v) is 2.58. The summed E-state index contributed by atoms with van der Waals surface area (Å²) < 4.78 is 13.8. The molecule has 0 fully saturated rings. The van der Waals surface area contributed by atoms with Gasteiger partial charge in [-0.1, -0.05) is 38.1 Å². The lowest BCUT2D eigenvalue weighted by Crippen LogP contribution is -2.34. The molecule has 1 aromatic carbocycles. The molecule has 0 saturated heterocycles. The molecule has 19 heavy (non-hydrogen) atoms. The number of nitrogens with one attached hydrogen (secondary N) is 1. The molecule has 0 saturated carbocycles. The van der Waals surface area contributed by atoms with Gasteiger partial charge in [0.05, 0.1) is 0 Å². The highest BCUT2D eigenvalue weighted by molar-refractivity contribution is 5.97. The highest BCUT2D eigenvalue weighted by Crippen LogP contribution is 2.14. The van der Waals surface area contributed by atoms with E-state index in [-0.39, 0.29) is 23.9 Å².